The molecule has 0 heterocycles. The molecule has 0 atom stereocenters. The lowest BCUT2D eigenvalue weighted by molar-refractivity contribution is 0.601. The van der Waals surface area contributed by atoms with Crippen LogP contribution < -0.4 is 10.5 Å². The fraction of sp³-hybridized carbons (Fsp3) is 0.0769. The Balaban J connectivity index is 2.48. The Bertz CT molecular complexity index is 784. The number of halogens is 3. The number of hydrogen-bond acceptors (Lipinski definition) is 3. The molecule has 0 aliphatic carbocycles. The minimum absolute atomic E-state index is 0.0425. The second-order valence-electron chi connectivity index (χ2n) is 4.38. The maximum Gasteiger partial charge on any atom is 0.264 e. The highest BCUT2D eigenvalue weighted by Gasteiger charge is 2.23. The summed E-state index contributed by atoms with van der Waals surface area (Å²) in [6.07, 6.45) is 0. The lowest BCUT2D eigenvalue weighted by Crippen LogP contribution is -2.15. The molecule has 8 heteroatoms. The Labute approximate surface area is 137 Å². The predicted octanol–water partition coefficient (Wildman–Crippen LogP) is 4.34. The largest absolute Gasteiger partial charge is 0.399 e. The van der Waals surface area contributed by atoms with Crippen LogP contribution in [0.25, 0.3) is 0 Å². The quantitative estimate of drug-likeness (QED) is 0.795. The number of rotatable bonds is 3. The van der Waals surface area contributed by atoms with E-state index in [1.54, 1.807) is 25.1 Å². The first-order valence-electron chi connectivity index (χ1n) is 5.74. The summed E-state index contributed by atoms with van der Waals surface area (Å²) in [6, 6.07) is 7.45. The van der Waals surface area contributed by atoms with Crippen molar-refractivity contribution in [3.8, 4) is 0 Å². The first kappa shape index (κ1) is 16.2. The van der Waals surface area contributed by atoms with Gasteiger partial charge in [0.25, 0.3) is 10.0 Å². The molecule has 0 fully saturated rings. The summed E-state index contributed by atoms with van der Waals surface area (Å²) in [7, 11) is -3.94. The van der Waals surface area contributed by atoms with E-state index >= 15 is 0 Å². The Morgan fingerprint density at radius 2 is 1.62 bits per heavy atom. The van der Waals surface area contributed by atoms with Gasteiger partial charge in [-0.3, -0.25) is 4.72 Å². The van der Waals surface area contributed by atoms with Gasteiger partial charge < -0.3 is 5.73 Å². The van der Waals surface area contributed by atoms with Crippen molar-refractivity contribution in [3.63, 3.8) is 0 Å². The number of nitrogens with two attached hydrogens (primary N) is 1. The van der Waals surface area contributed by atoms with Crippen molar-refractivity contribution in [1.82, 2.24) is 0 Å². The lowest BCUT2D eigenvalue weighted by atomic mass is 10.2. The monoisotopic (exact) mass is 364 g/mol. The molecule has 0 unspecified atom stereocenters. The fourth-order valence-electron chi connectivity index (χ4n) is 1.77. The lowest BCUT2D eigenvalue weighted by Gasteiger charge is -2.13. The minimum atomic E-state index is -3.94. The van der Waals surface area contributed by atoms with Crippen molar-refractivity contribution in [1.29, 1.82) is 0 Å². The van der Waals surface area contributed by atoms with Gasteiger partial charge in [-0.25, -0.2) is 8.42 Å². The van der Waals surface area contributed by atoms with Crippen molar-refractivity contribution in [2.75, 3.05) is 10.5 Å². The van der Waals surface area contributed by atoms with Gasteiger partial charge in [-0.2, -0.15) is 0 Å². The molecule has 0 amide bonds. The fourth-order valence-corrected chi connectivity index (χ4v) is 4.37. The highest BCUT2D eigenvalue weighted by Crippen LogP contribution is 2.33. The molecule has 2 aromatic carbocycles. The summed E-state index contributed by atoms with van der Waals surface area (Å²) in [6.45, 7) is 1.73. The van der Waals surface area contributed by atoms with Crippen LogP contribution in [0.4, 0.5) is 11.4 Å². The molecule has 2 rings (SSSR count). The number of sulfonamides is 1. The third-order valence-electron chi connectivity index (χ3n) is 2.72. The van der Waals surface area contributed by atoms with Crippen LogP contribution in [0.15, 0.2) is 35.2 Å². The zero-order chi connectivity index (χ0) is 15.8. The average molecular weight is 366 g/mol. The first-order valence-corrected chi connectivity index (χ1v) is 8.36. The summed E-state index contributed by atoms with van der Waals surface area (Å²) < 4.78 is 27.3. The molecule has 112 valence electrons. The van der Waals surface area contributed by atoms with Crippen molar-refractivity contribution in [2.45, 2.75) is 11.8 Å². The number of hydrogen-bond donors (Lipinski definition) is 2. The molecule has 21 heavy (non-hydrogen) atoms. The third-order valence-corrected chi connectivity index (χ3v) is 5.24. The number of nitrogens with one attached hydrogen (secondary N) is 1. The van der Waals surface area contributed by atoms with Gasteiger partial charge in [0.05, 0.1) is 15.7 Å². The van der Waals surface area contributed by atoms with Gasteiger partial charge in [-0.05, 0) is 42.8 Å². The van der Waals surface area contributed by atoms with Gasteiger partial charge in [0, 0.05) is 10.7 Å². The second-order valence-corrected chi connectivity index (χ2v) is 7.25. The predicted molar refractivity (Wildman–Crippen MR) is 87.9 cm³/mol. The van der Waals surface area contributed by atoms with E-state index in [2.05, 4.69) is 4.72 Å². The molecule has 0 saturated carbocycles. The minimum Gasteiger partial charge on any atom is -0.399 e. The molecule has 3 N–H and O–H groups in total. The van der Waals surface area contributed by atoms with Crippen LogP contribution in [-0.4, -0.2) is 8.42 Å². The number of aryl methyl sites for hydroxylation is 1. The van der Waals surface area contributed by atoms with Crippen LogP contribution in [0, 0.1) is 6.92 Å². The summed E-state index contributed by atoms with van der Waals surface area (Å²) in [5, 5.41) is 0.428. The summed E-state index contributed by atoms with van der Waals surface area (Å²) in [5.41, 5.74) is 6.92. The number of anilines is 2. The van der Waals surface area contributed by atoms with Gasteiger partial charge in [0.1, 0.15) is 4.90 Å². The zero-order valence-electron chi connectivity index (χ0n) is 10.8. The van der Waals surface area contributed by atoms with Crippen molar-refractivity contribution < 1.29 is 8.42 Å². The zero-order valence-corrected chi connectivity index (χ0v) is 13.9. The molecule has 2 aromatic rings. The topological polar surface area (TPSA) is 72.2 Å². The molecular weight excluding hydrogens is 355 g/mol. The molecule has 0 bridgehead atoms. The smallest absolute Gasteiger partial charge is 0.264 e. The average Bonchev–Trinajstić information content (AvgIpc) is 2.30. The number of benzene rings is 2. The molecule has 0 aliphatic rings. The molecule has 0 aromatic heterocycles. The Kier molecular flexibility index (Phi) is 4.58. The Hall–Kier alpha value is -1.14. The second kappa shape index (κ2) is 5.93. The number of nitrogen functional groups attached to an aromatic ring is 1. The van der Waals surface area contributed by atoms with E-state index in [-0.39, 0.29) is 20.6 Å². The van der Waals surface area contributed by atoms with E-state index < -0.39 is 10.0 Å². The van der Waals surface area contributed by atoms with Crippen molar-refractivity contribution in [3.05, 3.63) is 51.0 Å². The summed E-state index contributed by atoms with van der Waals surface area (Å²) in [5.74, 6) is 0. The standard InChI is InChI=1S/C13H11Cl3N2O2S/c1-7-4-8(14)2-3-12(7)18-21(19,20)13-10(15)5-9(17)6-11(13)16/h2-6,18H,17H2,1H3. The van der Waals surface area contributed by atoms with Crippen LogP contribution in [0.2, 0.25) is 15.1 Å². The Morgan fingerprint density at radius 3 is 2.14 bits per heavy atom. The van der Waals surface area contributed by atoms with Crippen LogP contribution in [0.5, 0.6) is 0 Å². The van der Waals surface area contributed by atoms with Gasteiger partial charge >= 0.3 is 0 Å². The van der Waals surface area contributed by atoms with Gasteiger partial charge in [-0.15, -0.1) is 0 Å². The van der Waals surface area contributed by atoms with E-state index in [4.69, 9.17) is 40.5 Å². The van der Waals surface area contributed by atoms with Gasteiger partial charge in [0.2, 0.25) is 0 Å². The third kappa shape index (κ3) is 3.55. The first-order chi connectivity index (χ1) is 9.70. The SMILES string of the molecule is Cc1cc(Cl)ccc1NS(=O)(=O)c1c(Cl)cc(N)cc1Cl. The van der Waals surface area contributed by atoms with E-state index in [1.807, 2.05) is 0 Å². The molecule has 0 saturated heterocycles. The van der Waals surface area contributed by atoms with E-state index in [9.17, 15) is 8.42 Å². The van der Waals surface area contributed by atoms with E-state index in [0.717, 1.165) is 0 Å². The molecular formula is C13H11Cl3N2O2S. The Morgan fingerprint density at radius 1 is 1.05 bits per heavy atom. The highest BCUT2D eigenvalue weighted by atomic mass is 35.5. The maximum atomic E-state index is 12.4. The molecule has 0 aliphatic heterocycles. The van der Waals surface area contributed by atoms with Crippen molar-refractivity contribution >= 4 is 56.2 Å². The van der Waals surface area contributed by atoms with Gasteiger partial charge in [-0.1, -0.05) is 34.8 Å². The molecule has 4 nitrogen and oxygen atoms in total. The highest BCUT2D eigenvalue weighted by molar-refractivity contribution is 7.93. The normalized spacial score (nSPS) is 11.4. The molecule has 0 radical (unpaired) electrons. The van der Waals surface area contributed by atoms with Crippen LogP contribution in [0.1, 0.15) is 5.56 Å². The summed E-state index contributed by atoms with van der Waals surface area (Å²) in [4.78, 5) is -0.214. The van der Waals surface area contributed by atoms with Crippen LogP contribution >= 0.6 is 34.8 Å². The van der Waals surface area contributed by atoms with Crippen molar-refractivity contribution in [2.24, 2.45) is 0 Å². The van der Waals surface area contributed by atoms with E-state index in [0.29, 0.717) is 16.3 Å². The van der Waals surface area contributed by atoms with E-state index in [1.165, 1.54) is 12.1 Å². The summed E-state index contributed by atoms with van der Waals surface area (Å²) >= 11 is 17.7. The van der Waals surface area contributed by atoms with Gasteiger partial charge in [0.15, 0.2) is 0 Å². The maximum absolute atomic E-state index is 12.4. The van der Waals surface area contributed by atoms with Crippen LogP contribution in [0.3, 0.4) is 0 Å². The van der Waals surface area contributed by atoms with Crippen LogP contribution in [-0.2, 0) is 10.0 Å². The molecule has 0 spiro atoms.